The van der Waals surface area contributed by atoms with E-state index in [0.29, 0.717) is 11.2 Å². The SMILES string of the molecule is N#Cc1cnc2n[nH]c(I)c2c1. The van der Waals surface area contributed by atoms with Crippen LogP contribution in [-0.2, 0) is 0 Å². The Balaban J connectivity index is 2.82. The van der Waals surface area contributed by atoms with Crippen LogP contribution in [0.3, 0.4) is 0 Å². The third kappa shape index (κ3) is 1.04. The number of nitrogens with zero attached hydrogens (tertiary/aromatic N) is 3. The van der Waals surface area contributed by atoms with Gasteiger partial charge in [0.15, 0.2) is 5.65 Å². The van der Waals surface area contributed by atoms with E-state index in [4.69, 9.17) is 5.26 Å². The van der Waals surface area contributed by atoms with Gasteiger partial charge in [-0.1, -0.05) is 0 Å². The molecule has 0 saturated carbocycles. The van der Waals surface area contributed by atoms with Crippen LogP contribution in [0.4, 0.5) is 0 Å². The first kappa shape index (κ1) is 7.49. The maximum Gasteiger partial charge on any atom is 0.182 e. The summed E-state index contributed by atoms with van der Waals surface area (Å²) in [6, 6.07) is 3.80. The van der Waals surface area contributed by atoms with E-state index in [0.717, 1.165) is 9.09 Å². The van der Waals surface area contributed by atoms with Crippen molar-refractivity contribution in [3.05, 3.63) is 21.5 Å². The van der Waals surface area contributed by atoms with Crippen LogP contribution < -0.4 is 0 Å². The van der Waals surface area contributed by atoms with E-state index >= 15 is 0 Å². The largest absolute Gasteiger partial charge is 0.269 e. The Morgan fingerprint density at radius 3 is 3.17 bits per heavy atom. The van der Waals surface area contributed by atoms with Gasteiger partial charge in [0.05, 0.1) is 10.9 Å². The average Bonchev–Trinajstić information content (AvgIpc) is 2.47. The quantitative estimate of drug-likeness (QED) is 0.736. The van der Waals surface area contributed by atoms with E-state index in [1.165, 1.54) is 6.20 Å². The third-order valence-corrected chi connectivity index (χ3v) is 2.31. The van der Waals surface area contributed by atoms with E-state index in [-0.39, 0.29) is 0 Å². The van der Waals surface area contributed by atoms with Crippen molar-refractivity contribution in [2.75, 3.05) is 0 Å². The molecule has 0 aromatic carbocycles. The zero-order valence-electron chi connectivity index (χ0n) is 5.87. The highest BCUT2D eigenvalue weighted by molar-refractivity contribution is 14.1. The predicted molar refractivity (Wildman–Crippen MR) is 51.3 cm³/mol. The first-order valence-corrected chi connectivity index (χ1v) is 4.29. The molecule has 0 spiro atoms. The lowest BCUT2D eigenvalue weighted by atomic mass is 10.2. The van der Waals surface area contributed by atoms with Gasteiger partial charge in [0.2, 0.25) is 0 Å². The Kier molecular flexibility index (Phi) is 1.69. The highest BCUT2D eigenvalue weighted by atomic mass is 127. The van der Waals surface area contributed by atoms with E-state index in [1.54, 1.807) is 6.07 Å². The summed E-state index contributed by atoms with van der Waals surface area (Å²) in [5.41, 5.74) is 1.21. The molecule has 4 nitrogen and oxygen atoms in total. The Labute approximate surface area is 81.7 Å². The van der Waals surface area contributed by atoms with E-state index < -0.39 is 0 Å². The monoisotopic (exact) mass is 270 g/mol. The van der Waals surface area contributed by atoms with Gasteiger partial charge in [-0.3, -0.25) is 5.10 Å². The number of nitrogens with one attached hydrogen (secondary N) is 1. The molecule has 12 heavy (non-hydrogen) atoms. The summed E-state index contributed by atoms with van der Waals surface area (Å²) in [5.74, 6) is 0. The molecule has 5 heteroatoms. The minimum absolute atomic E-state index is 0.557. The fourth-order valence-corrected chi connectivity index (χ4v) is 1.45. The van der Waals surface area contributed by atoms with Crippen molar-refractivity contribution >= 4 is 33.6 Å². The van der Waals surface area contributed by atoms with Crippen LogP contribution in [0.25, 0.3) is 11.0 Å². The number of nitriles is 1. The van der Waals surface area contributed by atoms with Crippen molar-refractivity contribution in [1.29, 1.82) is 5.26 Å². The summed E-state index contributed by atoms with van der Waals surface area (Å²) >= 11 is 2.12. The fraction of sp³-hybridized carbons (Fsp3) is 0. The first-order chi connectivity index (χ1) is 5.81. The van der Waals surface area contributed by atoms with Gasteiger partial charge in [0, 0.05) is 6.20 Å². The molecule has 0 aliphatic carbocycles. The summed E-state index contributed by atoms with van der Waals surface area (Å²) in [6.07, 6.45) is 1.51. The molecule has 0 amide bonds. The summed E-state index contributed by atoms with van der Waals surface area (Å²) < 4.78 is 0.909. The van der Waals surface area contributed by atoms with Crippen LogP contribution in [0, 0.1) is 15.0 Å². The van der Waals surface area contributed by atoms with Crippen LogP contribution in [0.15, 0.2) is 12.3 Å². The standard InChI is InChI=1S/C7H3IN4/c8-6-5-1-4(2-9)3-10-7(5)12-11-6/h1,3H,(H,10,11,12). The zero-order chi connectivity index (χ0) is 8.55. The van der Waals surface area contributed by atoms with Crippen molar-refractivity contribution in [3.8, 4) is 6.07 Å². The molecule has 0 atom stereocenters. The summed E-state index contributed by atoms with van der Waals surface area (Å²) in [4.78, 5) is 4.00. The second kappa shape index (κ2) is 2.71. The van der Waals surface area contributed by atoms with Crippen LogP contribution in [0.5, 0.6) is 0 Å². The molecule has 0 bridgehead atoms. The molecule has 0 aliphatic rings. The average molecular weight is 270 g/mol. The number of hydrogen-bond donors (Lipinski definition) is 1. The molecule has 2 aromatic heterocycles. The highest BCUT2D eigenvalue weighted by Gasteiger charge is 2.03. The van der Waals surface area contributed by atoms with Gasteiger partial charge in [0.1, 0.15) is 9.77 Å². The third-order valence-electron chi connectivity index (χ3n) is 1.49. The van der Waals surface area contributed by atoms with Crippen molar-refractivity contribution < 1.29 is 0 Å². The summed E-state index contributed by atoms with van der Waals surface area (Å²) in [5, 5.41) is 16.2. The van der Waals surface area contributed by atoms with E-state index in [1.807, 2.05) is 6.07 Å². The Bertz CT molecular complexity index is 468. The molecule has 58 valence electrons. The van der Waals surface area contributed by atoms with Crippen molar-refractivity contribution in [2.45, 2.75) is 0 Å². The first-order valence-electron chi connectivity index (χ1n) is 3.21. The number of H-pyrrole nitrogens is 1. The fourth-order valence-electron chi connectivity index (χ4n) is 0.932. The molecule has 0 unspecified atom stereocenters. The summed E-state index contributed by atoms with van der Waals surface area (Å²) in [6.45, 7) is 0. The van der Waals surface area contributed by atoms with Gasteiger partial charge in [-0.05, 0) is 28.7 Å². The van der Waals surface area contributed by atoms with Crippen LogP contribution in [-0.4, -0.2) is 15.2 Å². The van der Waals surface area contributed by atoms with Gasteiger partial charge in [-0.15, -0.1) is 0 Å². The van der Waals surface area contributed by atoms with Gasteiger partial charge in [0.25, 0.3) is 0 Å². The molecular weight excluding hydrogens is 267 g/mol. The van der Waals surface area contributed by atoms with Crippen LogP contribution in [0.1, 0.15) is 5.56 Å². The van der Waals surface area contributed by atoms with Gasteiger partial charge < -0.3 is 0 Å². The Hall–Kier alpha value is -1.16. The molecule has 0 radical (unpaired) electrons. The number of halogens is 1. The molecular formula is C7H3IN4. The minimum atomic E-state index is 0.557. The number of rotatable bonds is 0. The maximum absolute atomic E-state index is 8.60. The topological polar surface area (TPSA) is 65.4 Å². The van der Waals surface area contributed by atoms with Gasteiger partial charge >= 0.3 is 0 Å². The zero-order valence-corrected chi connectivity index (χ0v) is 8.03. The minimum Gasteiger partial charge on any atom is -0.269 e. The van der Waals surface area contributed by atoms with Crippen LogP contribution in [0.2, 0.25) is 0 Å². The van der Waals surface area contributed by atoms with E-state index in [2.05, 4.69) is 37.8 Å². The normalized spacial score (nSPS) is 10.0. The van der Waals surface area contributed by atoms with E-state index in [9.17, 15) is 0 Å². The highest BCUT2D eigenvalue weighted by Crippen LogP contribution is 2.16. The lowest BCUT2D eigenvalue weighted by Gasteiger charge is -1.87. The summed E-state index contributed by atoms with van der Waals surface area (Å²) in [7, 11) is 0. The maximum atomic E-state index is 8.60. The van der Waals surface area contributed by atoms with Crippen molar-refractivity contribution in [1.82, 2.24) is 15.2 Å². The second-order valence-corrected chi connectivity index (χ2v) is 3.32. The van der Waals surface area contributed by atoms with Gasteiger partial charge in [-0.2, -0.15) is 10.4 Å². The smallest absolute Gasteiger partial charge is 0.182 e. The lowest BCUT2D eigenvalue weighted by Crippen LogP contribution is -1.79. The molecule has 2 aromatic rings. The molecule has 1 N–H and O–H groups in total. The number of pyridine rings is 1. The Morgan fingerprint density at radius 2 is 2.42 bits per heavy atom. The Morgan fingerprint density at radius 1 is 1.58 bits per heavy atom. The van der Waals surface area contributed by atoms with Crippen molar-refractivity contribution in [3.63, 3.8) is 0 Å². The van der Waals surface area contributed by atoms with Crippen molar-refractivity contribution in [2.24, 2.45) is 0 Å². The molecule has 0 fully saturated rings. The molecule has 0 aliphatic heterocycles. The lowest BCUT2D eigenvalue weighted by molar-refractivity contribution is 1.08. The molecule has 0 saturated heterocycles. The predicted octanol–water partition coefficient (Wildman–Crippen LogP) is 1.43. The molecule has 2 heterocycles. The number of aromatic amines is 1. The number of fused-ring (bicyclic) bond motifs is 1. The van der Waals surface area contributed by atoms with Gasteiger partial charge in [-0.25, -0.2) is 4.98 Å². The molecule has 2 rings (SSSR count). The number of hydrogen-bond acceptors (Lipinski definition) is 3. The number of aromatic nitrogens is 3. The second-order valence-electron chi connectivity index (χ2n) is 2.24. The van der Waals surface area contributed by atoms with Crippen LogP contribution >= 0.6 is 22.6 Å².